The van der Waals surface area contributed by atoms with Crippen LogP contribution >= 0.6 is 0 Å². The first-order valence-electron chi connectivity index (χ1n) is 6.11. The Morgan fingerprint density at radius 3 is 2.05 bits per heavy atom. The lowest BCUT2D eigenvalue weighted by Gasteiger charge is -2.06. The van der Waals surface area contributed by atoms with Gasteiger partial charge in [-0.15, -0.1) is 0 Å². The molecule has 2 rings (SSSR count). The van der Waals surface area contributed by atoms with Crippen molar-refractivity contribution < 1.29 is 4.79 Å². The van der Waals surface area contributed by atoms with Gasteiger partial charge in [0.05, 0.1) is 0 Å². The van der Waals surface area contributed by atoms with Crippen LogP contribution in [0.4, 0.5) is 0 Å². The molecule has 0 bridgehead atoms. The number of hydrogen-bond acceptors (Lipinski definition) is 1. The molecule has 1 amide bonds. The van der Waals surface area contributed by atoms with E-state index in [1.165, 1.54) is 0 Å². The fraction of sp³-hybridized carbons (Fsp3) is 0. The molecule has 94 valence electrons. The predicted molar refractivity (Wildman–Crippen MR) is 79.1 cm³/mol. The smallest absolute Gasteiger partial charge is 0.255 e. The largest absolute Gasteiger partial charge is 0.322 e. The van der Waals surface area contributed by atoms with E-state index < -0.39 is 0 Å². The van der Waals surface area contributed by atoms with E-state index in [2.05, 4.69) is 5.32 Å². The summed E-state index contributed by atoms with van der Waals surface area (Å²) in [6.07, 6.45) is 26.2. The summed E-state index contributed by atoms with van der Waals surface area (Å²) in [5, 5.41) is 2.88. The van der Waals surface area contributed by atoms with E-state index >= 15 is 0 Å². The van der Waals surface area contributed by atoms with Crippen molar-refractivity contribution in [2.45, 2.75) is 0 Å². The molecule has 2 nitrogen and oxygen atoms in total. The second-order valence-corrected chi connectivity index (χ2v) is 3.96. The number of carbonyl (C=O) groups excluding carboxylic acids is 1. The molecule has 0 fully saturated rings. The van der Waals surface area contributed by atoms with E-state index in [1.807, 2.05) is 72.9 Å². The number of hydrogen-bond donors (Lipinski definition) is 1. The van der Waals surface area contributed by atoms with Gasteiger partial charge in [-0.2, -0.15) is 0 Å². The van der Waals surface area contributed by atoms with Gasteiger partial charge >= 0.3 is 0 Å². The van der Waals surface area contributed by atoms with Crippen LogP contribution in [0.15, 0.2) is 96.3 Å². The Hall–Kier alpha value is -2.61. The highest BCUT2D eigenvalue weighted by Gasteiger charge is 2.06. The molecule has 2 aliphatic carbocycles. The first-order valence-corrected chi connectivity index (χ1v) is 6.11. The fourth-order valence-electron chi connectivity index (χ4n) is 1.57. The third-order valence-corrected chi connectivity index (χ3v) is 2.51. The molecule has 0 aliphatic heterocycles. The standard InChI is InChI=1S/C17H15NO/c19-17(15-11-7-3-1-4-8-12-15)18-16-13-9-5-2-6-10-14-16/h1-14H,(H,18,19)/b3-1-,4-1?,5-2-,6-2?,7-3?,8-4-,9-5?,10-6-,11-7-,12-8?,13-9-,14-10?,15-11?,15-12+,16-13?,16-14+. The molecule has 2 aliphatic rings. The summed E-state index contributed by atoms with van der Waals surface area (Å²) >= 11 is 0. The Labute approximate surface area is 113 Å². The zero-order valence-electron chi connectivity index (χ0n) is 10.5. The maximum absolute atomic E-state index is 12.1. The molecule has 0 aromatic heterocycles. The van der Waals surface area contributed by atoms with Gasteiger partial charge in [-0.25, -0.2) is 0 Å². The Balaban J connectivity index is 2.08. The molecule has 1 N–H and O–H groups in total. The normalized spacial score (nSPS) is 32.6. The van der Waals surface area contributed by atoms with E-state index in [9.17, 15) is 4.79 Å². The Bertz CT molecular complexity index is 578. The van der Waals surface area contributed by atoms with E-state index in [4.69, 9.17) is 0 Å². The minimum absolute atomic E-state index is 0.120. The van der Waals surface area contributed by atoms with Gasteiger partial charge < -0.3 is 5.32 Å². The minimum atomic E-state index is -0.120. The van der Waals surface area contributed by atoms with Gasteiger partial charge in [0.1, 0.15) is 0 Å². The molecule has 0 atom stereocenters. The molecular weight excluding hydrogens is 234 g/mol. The lowest BCUT2D eigenvalue weighted by Crippen LogP contribution is -2.23. The number of carbonyl (C=O) groups is 1. The number of allylic oxidation sites excluding steroid dienone is 13. The number of amides is 1. The van der Waals surface area contributed by atoms with Gasteiger partial charge in [0, 0.05) is 11.3 Å². The maximum atomic E-state index is 12.1. The van der Waals surface area contributed by atoms with Crippen molar-refractivity contribution in [2.75, 3.05) is 0 Å². The highest BCUT2D eigenvalue weighted by Crippen LogP contribution is 2.05. The summed E-state index contributed by atoms with van der Waals surface area (Å²) in [7, 11) is 0. The van der Waals surface area contributed by atoms with Crippen molar-refractivity contribution >= 4 is 5.91 Å². The molecule has 0 aromatic carbocycles. The van der Waals surface area contributed by atoms with Crippen molar-refractivity contribution in [3.05, 3.63) is 96.3 Å². The third kappa shape index (κ3) is 4.28. The lowest BCUT2D eigenvalue weighted by atomic mass is 10.1. The van der Waals surface area contributed by atoms with Crippen LogP contribution in [-0.2, 0) is 4.79 Å². The number of rotatable bonds is 2. The summed E-state index contributed by atoms with van der Waals surface area (Å²) in [6, 6.07) is 0. The third-order valence-electron chi connectivity index (χ3n) is 2.51. The summed E-state index contributed by atoms with van der Waals surface area (Å²) in [4.78, 5) is 12.1. The van der Waals surface area contributed by atoms with Crippen LogP contribution < -0.4 is 5.32 Å². The van der Waals surface area contributed by atoms with Crippen LogP contribution in [0.1, 0.15) is 0 Å². The molecule has 0 radical (unpaired) electrons. The van der Waals surface area contributed by atoms with Crippen molar-refractivity contribution in [1.29, 1.82) is 0 Å². The highest BCUT2D eigenvalue weighted by molar-refractivity contribution is 5.97. The van der Waals surface area contributed by atoms with E-state index in [0.717, 1.165) is 5.70 Å². The van der Waals surface area contributed by atoms with Gasteiger partial charge in [-0.1, -0.05) is 60.8 Å². The molecule has 0 spiro atoms. The maximum Gasteiger partial charge on any atom is 0.255 e. The summed E-state index contributed by atoms with van der Waals surface area (Å²) in [5.74, 6) is -0.120. The van der Waals surface area contributed by atoms with Gasteiger partial charge in [-0.05, 0) is 24.3 Å². The monoisotopic (exact) mass is 249 g/mol. The molecule has 0 saturated carbocycles. The Morgan fingerprint density at radius 2 is 1.26 bits per heavy atom. The van der Waals surface area contributed by atoms with Crippen LogP contribution in [0.2, 0.25) is 0 Å². The van der Waals surface area contributed by atoms with Crippen LogP contribution in [0.3, 0.4) is 0 Å². The summed E-state index contributed by atoms with van der Waals surface area (Å²) in [5.41, 5.74) is 1.39. The molecular formula is C17H15NO. The number of nitrogens with one attached hydrogen (secondary N) is 1. The SMILES string of the molecule is O=C(NC1=C/C=C\C=C/C=C\1)C1=C/C=C\C=C/C=C\1. The van der Waals surface area contributed by atoms with Gasteiger partial charge in [0.25, 0.3) is 5.91 Å². The summed E-state index contributed by atoms with van der Waals surface area (Å²) in [6.45, 7) is 0. The molecule has 0 heterocycles. The predicted octanol–water partition coefficient (Wildman–Crippen LogP) is 3.28. The van der Waals surface area contributed by atoms with E-state index in [1.54, 1.807) is 12.2 Å². The van der Waals surface area contributed by atoms with Crippen LogP contribution in [0.5, 0.6) is 0 Å². The first-order chi connectivity index (χ1) is 9.36. The molecule has 0 aromatic rings. The van der Waals surface area contributed by atoms with Crippen molar-refractivity contribution in [1.82, 2.24) is 5.32 Å². The van der Waals surface area contributed by atoms with Gasteiger partial charge in [0.2, 0.25) is 0 Å². The van der Waals surface area contributed by atoms with Crippen LogP contribution in [-0.4, -0.2) is 5.91 Å². The lowest BCUT2D eigenvalue weighted by molar-refractivity contribution is -0.116. The van der Waals surface area contributed by atoms with Crippen LogP contribution in [0.25, 0.3) is 0 Å². The Morgan fingerprint density at radius 1 is 0.684 bits per heavy atom. The van der Waals surface area contributed by atoms with Gasteiger partial charge in [-0.3, -0.25) is 4.79 Å². The van der Waals surface area contributed by atoms with Crippen molar-refractivity contribution in [3.63, 3.8) is 0 Å². The molecule has 0 saturated heterocycles. The Kier molecular flexibility index (Phi) is 4.71. The average molecular weight is 249 g/mol. The average Bonchev–Trinajstić information content (AvgIpc) is 2.31. The zero-order chi connectivity index (χ0) is 13.3. The molecule has 0 unspecified atom stereocenters. The second kappa shape index (κ2) is 6.97. The zero-order valence-corrected chi connectivity index (χ0v) is 10.5. The van der Waals surface area contributed by atoms with Crippen LogP contribution in [0, 0.1) is 0 Å². The van der Waals surface area contributed by atoms with E-state index in [-0.39, 0.29) is 5.91 Å². The van der Waals surface area contributed by atoms with Crippen molar-refractivity contribution in [3.8, 4) is 0 Å². The minimum Gasteiger partial charge on any atom is -0.322 e. The van der Waals surface area contributed by atoms with Crippen molar-refractivity contribution in [2.24, 2.45) is 0 Å². The fourth-order valence-corrected chi connectivity index (χ4v) is 1.57. The highest BCUT2D eigenvalue weighted by atomic mass is 16.1. The topological polar surface area (TPSA) is 29.1 Å². The molecule has 19 heavy (non-hydrogen) atoms. The van der Waals surface area contributed by atoms with Gasteiger partial charge in [0.15, 0.2) is 0 Å². The van der Waals surface area contributed by atoms with E-state index in [0.29, 0.717) is 5.57 Å². The second-order valence-electron chi connectivity index (χ2n) is 3.96. The molecule has 2 heteroatoms. The summed E-state index contributed by atoms with van der Waals surface area (Å²) < 4.78 is 0. The quantitative estimate of drug-likeness (QED) is 0.799. The first kappa shape index (κ1) is 12.8.